The van der Waals surface area contributed by atoms with Gasteiger partial charge in [0, 0.05) is 5.02 Å². The Morgan fingerprint density at radius 1 is 1.03 bits per heavy atom. The van der Waals surface area contributed by atoms with Crippen LogP contribution < -0.4 is 4.74 Å². The smallest absolute Gasteiger partial charge is 0.416 e. The van der Waals surface area contributed by atoms with Crippen LogP contribution in [-0.4, -0.2) is 36.6 Å². The molecule has 36 heavy (non-hydrogen) atoms. The van der Waals surface area contributed by atoms with Gasteiger partial charge >= 0.3 is 6.18 Å². The maximum atomic E-state index is 13.0. The Morgan fingerprint density at radius 2 is 1.72 bits per heavy atom. The molecule has 1 aliphatic heterocycles. The van der Waals surface area contributed by atoms with Crippen molar-refractivity contribution in [3.63, 3.8) is 0 Å². The molecule has 0 radical (unpaired) electrons. The zero-order chi connectivity index (χ0) is 26.5. The summed E-state index contributed by atoms with van der Waals surface area (Å²) in [6.07, 6.45) is -3.30. The fourth-order valence-electron chi connectivity index (χ4n) is 3.91. The summed E-state index contributed by atoms with van der Waals surface area (Å²) in [5, 5.41) is 0.447. The molecule has 0 fully saturated rings. The Morgan fingerprint density at radius 3 is 2.33 bits per heavy atom. The van der Waals surface area contributed by atoms with E-state index in [9.17, 15) is 13.2 Å². The molecule has 2 atom stereocenters. The molecule has 1 heterocycles. The summed E-state index contributed by atoms with van der Waals surface area (Å²) in [4.78, 5) is 9.78. The second-order valence-corrected chi connectivity index (χ2v) is 9.50. The Kier molecular flexibility index (Phi) is 8.93. The SMILES string of the molecule is CCOC1=N[C@](C)(CCc2ccc(Oc3cccc(C(F)(F)F)c3)cc2Cl)C(OCC)=N[C@H]1C(C)C. The van der Waals surface area contributed by atoms with E-state index in [0.29, 0.717) is 48.6 Å². The second kappa shape index (κ2) is 11.5. The summed E-state index contributed by atoms with van der Waals surface area (Å²) in [6.45, 7) is 10.9. The maximum absolute atomic E-state index is 13.0. The van der Waals surface area contributed by atoms with Gasteiger partial charge in [-0.1, -0.05) is 37.6 Å². The highest BCUT2D eigenvalue weighted by molar-refractivity contribution is 6.31. The van der Waals surface area contributed by atoms with Crippen molar-refractivity contribution in [2.75, 3.05) is 13.2 Å². The molecule has 1 aliphatic rings. The molecule has 0 N–H and O–H groups in total. The first-order chi connectivity index (χ1) is 17.0. The van der Waals surface area contributed by atoms with Crippen LogP contribution in [-0.2, 0) is 22.1 Å². The molecule has 2 aromatic rings. The first-order valence-corrected chi connectivity index (χ1v) is 12.4. The monoisotopic (exact) mass is 524 g/mol. The second-order valence-electron chi connectivity index (χ2n) is 9.09. The van der Waals surface area contributed by atoms with E-state index in [1.807, 2.05) is 20.8 Å². The third-order valence-corrected chi connectivity index (χ3v) is 6.19. The largest absolute Gasteiger partial charge is 0.480 e. The first-order valence-electron chi connectivity index (χ1n) is 12.0. The number of ether oxygens (including phenoxy) is 3. The van der Waals surface area contributed by atoms with Gasteiger partial charge in [0.05, 0.1) is 18.8 Å². The van der Waals surface area contributed by atoms with E-state index in [4.69, 9.17) is 35.8 Å². The number of aliphatic imine (C=N–C) groups is 2. The van der Waals surface area contributed by atoms with Crippen LogP contribution in [0.1, 0.15) is 52.2 Å². The zero-order valence-corrected chi connectivity index (χ0v) is 21.9. The van der Waals surface area contributed by atoms with Gasteiger partial charge in [-0.2, -0.15) is 13.2 Å². The predicted octanol–water partition coefficient (Wildman–Crippen LogP) is 7.75. The summed E-state index contributed by atoms with van der Waals surface area (Å²) >= 11 is 6.52. The number of nitrogens with zero attached hydrogens (tertiary/aromatic N) is 2. The number of benzene rings is 2. The summed E-state index contributed by atoms with van der Waals surface area (Å²) in [6, 6.07) is 9.61. The molecule has 0 aromatic heterocycles. The van der Waals surface area contributed by atoms with Crippen LogP contribution in [0.15, 0.2) is 52.4 Å². The third kappa shape index (κ3) is 6.72. The van der Waals surface area contributed by atoms with Crippen molar-refractivity contribution in [3.05, 3.63) is 58.6 Å². The topological polar surface area (TPSA) is 52.4 Å². The van der Waals surface area contributed by atoms with Crippen LogP contribution in [0.5, 0.6) is 11.5 Å². The van der Waals surface area contributed by atoms with E-state index in [1.165, 1.54) is 12.1 Å². The van der Waals surface area contributed by atoms with Gasteiger partial charge in [-0.3, -0.25) is 0 Å². The molecule has 0 aliphatic carbocycles. The van der Waals surface area contributed by atoms with Gasteiger partial charge in [-0.05, 0) is 75.4 Å². The maximum Gasteiger partial charge on any atom is 0.416 e. The van der Waals surface area contributed by atoms with Gasteiger partial charge in [0.15, 0.2) is 0 Å². The molecule has 2 aromatic carbocycles. The van der Waals surface area contributed by atoms with Crippen molar-refractivity contribution in [1.29, 1.82) is 0 Å². The Labute approximate surface area is 215 Å². The molecule has 0 saturated carbocycles. The molecule has 0 saturated heterocycles. The minimum atomic E-state index is -4.44. The third-order valence-electron chi connectivity index (χ3n) is 5.83. The number of rotatable bonds is 8. The van der Waals surface area contributed by atoms with Crippen molar-refractivity contribution >= 4 is 23.4 Å². The van der Waals surface area contributed by atoms with E-state index in [0.717, 1.165) is 17.7 Å². The minimum absolute atomic E-state index is 0.0819. The Hall–Kier alpha value is -2.74. The number of halogens is 4. The van der Waals surface area contributed by atoms with E-state index in [-0.39, 0.29) is 17.7 Å². The number of hydrogen-bond donors (Lipinski definition) is 0. The molecular weight excluding hydrogens is 493 g/mol. The van der Waals surface area contributed by atoms with Gasteiger partial charge in [0.2, 0.25) is 11.8 Å². The average Bonchev–Trinajstić information content (AvgIpc) is 2.80. The Bertz CT molecular complexity index is 1120. The van der Waals surface area contributed by atoms with E-state index >= 15 is 0 Å². The van der Waals surface area contributed by atoms with Crippen molar-refractivity contribution in [2.24, 2.45) is 15.9 Å². The highest BCUT2D eigenvalue weighted by atomic mass is 35.5. The molecule has 0 amide bonds. The molecular formula is C27H32ClF3N2O3. The quantitative estimate of drug-likeness (QED) is 0.354. The fraction of sp³-hybridized carbons (Fsp3) is 0.481. The van der Waals surface area contributed by atoms with Crippen molar-refractivity contribution in [3.8, 4) is 11.5 Å². The van der Waals surface area contributed by atoms with Gasteiger partial charge in [-0.15, -0.1) is 0 Å². The number of aryl methyl sites for hydroxylation is 1. The molecule has 196 valence electrons. The van der Waals surface area contributed by atoms with Gasteiger partial charge in [-0.25, -0.2) is 9.98 Å². The summed E-state index contributed by atoms with van der Waals surface area (Å²) in [5.41, 5.74) is -0.645. The predicted molar refractivity (Wildman–Crippen MR) is 136 cm³/mol. The van der Waals surface area contributed by atoms with Gasteiger partial charge in [0.1, 0.15) is 23.1 Å². The van der Waals surface area contributed by atoms with Crippen LogP contribution in [0.4, 0.5) is 13.2 Å². The Balaban J connectivity index is 1.77. The summed E-state index contributed by atoms with van der Waals surface area (Å²) in [7, 11) is 0. The fourth-order valence-corrected chi connectivity index (χ4v) is 4.18. The van der Waals surface area contributed by atoms with E-state index < -0.39 is 17.3 Å². The zero-order valence-electron chi connectivity index (χ0n) is 21.2. The lowest BCUT2D eigenvalue weighted by Crippen LogP contribution is -2.45. The van der Waals surface area contributed by atoms with Gasteiger partial charge in [0.25, 0.3) is 0 Å². The molecule has 0 spiro atoms. The normalized spacial score (nSPS) is 20.1. The highest BCUT2D eigenvalue weighted by Gasteiger charge is 2.40. The van der Waals surface area contributed by atoms with E-state index in [2.05, 4.69) is 13.8 Å². The lowest BCUT2D eigenvalue weighted by atomic mass is 9.90. The average molecular weight is 525 g/mol. The standard InChI is InChI=1S/C27H32ClF3N2O3/c1-6-34-24-23(17(3)4)32-25(35-7-2)26(5,33-24)14-13-18-11-12-21(16-22(18)28)36-20-10-8-9-19(15-20)27(29,30)31/h8-12,15-17,23H,6-7,13-14H2,1-5H3/t23-,26+/m0/s1. The van der Waals surface area contributed by atoms with Crippen molar-refractivity contribution in [1.82, 2.24) is 0 Å². The molecule has 0 bridgehead atoms. The molecule has 9 heteroatoms. The summed E-state index contributed by atoms with van der Waals surface area (Å²) in [5.74, 6) is 1.81. The first kappa shape index (κ1) is 27.8. The van der Waals surface area contributed by atoms with Crippen LogP contribution in [0, 0.1) is 5.92 Å². The van der Waals surface area contributed by atoms with Crippen molar-refractivity contribution < 1.29 is 27.4 Å². The van der Waals surface area contributed by atoms with Crippen molar-refractivity contribution in [2.45, 2.75) is 65.2 Å². The summed E-state index contributed by atoms with van der Waals surface area (Å²) < 4.78 is 56.3. The van der Waals surface area contributed by atoms with E-state index in [1.54, 1.807) is 18.2 Å². The lowest BCUT2D eigenvalue weighted by molar-refractivity contribution is -0.137. The minimum Gasteiger partial charge on any atom is -0.480 e. The molecule has 5 nitrogen and oxygen atoms in total. The number of hydrogen-bond acceptors (Lipinski definition) is 5. The van der Waals surface area contributed by atoms with Crippen LogP contribution in [0.2, 0.25) is 5.02 Å². The molecule has 0 unspecified atom stereocenters. The number of alkyl halides is 3. The van der Waals surface area contributed by atoms with Crippen LogP contribution in [0.3, 0.4) is 0 Å². The lowest BCUT2D eigenvalue weighted by Gasteiger charge is -2.34. The van der Waals surface area contributed by atoms with Crippen LogP contribution in [0.25, 0.3) is 0 Å². The highest BCUT2D eigenvalue weighted by Crippen LogP contribution is 2.35. The molecule has 3 rings (SSSR count). The van der Waals surface area contributed by atoms with Gasteiger partial charge < -0.3 is 14.2 Å². The van der Waals surface area contributed by atoms with Crippen LogP contribution >= 0.6 is 11.6 Å².